The van der Waals surface area contributed by atoms with E-state index in [0.717, 1.165) is 12.2 Å². The maximum Gasteiger partial charge on any atom is 0.308 e. The largest absolute Gasteiger partial charge is 0.460 e. The molecule has 0 fully saturated rings. The van der Waals surface area contributed by atoms with Crippen LogP contribution in [0.25, 0.3) is 0 Å². The molecule has 0 saturated heterocycles. The van der Waals surface area contributed by atoms with Crippen LogP contribution < -0.4 is 47.9 Å². The molecule has 0 saturated carbocycles. The number of ether oxygens (including phenoxy) is 9. The lowest BCUT2D eigenvalue weighted by Crippen LogP contribution is -2.53. The van der Waals surface area contributed by atoms with Gasteiger partial charge in [0.1, 0.15) is 60.9 Å². The van der Waals surface area contributed by atoms with Gasteiger partial charge in [0.25, 0.3) is 11.8 Å². The third kappa shape index (κ3) is 43.9. The van der Waals surface area contributed by atoms with Gasteiger partial charge < -0.3 is 142 Å². The second-order valence-electron chi connectivity index (χ2n) is 22.4. The Hall–Kier alpha value is -7.14. The number of nitrogens with zero attached hydrogens (tertiary/aromatic N) is 1. The second kappa shape index (κ2) is 52.8. The van der Waals surface area contributed by atoms with E-state index in [0.29, 0.717) is 51.1 Å². The SMILES string of the molecule is CC(C)(C)OC(=O)C[C@H](NC(=O)CN1C(=O)C=CC1=O)C(=O)NCC(=O)NCC(=O)NCC(=O)NCC(=O)NCCOCCOCCOCCOCCOCCOCCOCCOCCC(=O)N[C@@H](CCC(=O)NC[C@H](O)[C@@H](O)[C@H](O)[C@H](O)CO)C(=O)NC[C@H](O)[C@@H](O)[C@H](O)[C@H](O)CO. The zero-order valence-corrected chi connectivity index (χ0v) is 55.6. The van der Waals surface area contributed by atoms with Crippen molar-refractivity contribution in [2.75, 3.05) is 171 Å². The zero-order valence-electron chi connectivity index (χ0n) is 55.6. The molecule has 19 N–H and O–H groups in total. The molecule has 0 aromatic carbocycles. The molecular weight excluding hydrogens is 1330 g/mol. The molecule has 0 aromatic heterocycles. The van der Waals surface area contributed by atoms with Crippen molar-refractivity contribution in [3.05, 3.63) is 12.2 Å². The molecule has 1 aliphatic heterocycles. The Morgan fingerprint density at radius 2 is 0.758 bits per heavy atom. The van der Waals surface area contributed by atoms with E-state index >= 15 is 0 Å². The van der Waals surface area contributed by atoms with Crippen molar-refractivity contribution in [1.82, 2.24) is 52.8 Å². The van der Waals surface area contributed by atoms with E-state index < -0.39 is 209 Å². The lowest BCUT2D eigenvalue weighted by Gasteiger charge is -2.26. The lowest BCUT2D eigenvalue weighted by atomic mass is 10.0. The summed E-state index contributed by atoms with van der Waals surface area (Å²) in [5.74, 6) is -9.66. The van der Waals surface area contributed by atoms with Crippen molar-refractivity contribution in [3.8, 4) is 0 Å². The van der Waals surface area contributed by atoms with Crippen LogP contribution in [0, 0.1) is 0 Å². The Balaban J connectivity index is 2.10. The first-order valence-electron chi connectivity index (χ1n) is 31.5. The Labute approximate surface area is 569 Å². The van der Waals surface area contributed by atoms with Crippen molar-refractivity contribution in [2.45, 2.75) is 113 Å². The van der Waals surface area contributed by atoms with E-state index in [4.69, 9.17) is 52.8 Å². The molecule has 1 heterocycles. The maximum absolute atomic E-state index is 13.0. The van der Waals surface area contributed by atoms with Crippen LogP contribution in [0.2, 0.25) is 0 Å². The molecule has 0 aliphatic carbocycles. The smallest absolute Gasteiger partial charge is 0.308 e. The summed E-state index contributed by atoms with van der Waals surface area (Å²) in [5.41, 5.74) is -0.943. The van der Waals surface area contributed by atoms with Gasteiger partial charge in [-0.2, -0.15) is 0 Å². The van der Waals surface area contributed by atoms with E-state index in [9.17, 15) is 98.4 Å². The van der Waals surface area contributed by atoms with Crippen LogP contribution in [0.4, 0.5) is 0 Å². The number of rotatable bonds is 58. The summed E-state index contributed by atoms with van der Waals surface area (Å²) >= 11 is 0. The van der Waals surface area contributed by atoms with Gasteiger partial charge in [0.2, 0.25) is 53.2 Å². The highest BCUT2D eigenvalue weighted by atomic mass is 16.6. The van der Waals surface area contributed by atoms with E-state index in [-0.39, 0.29) is 78.8 Å². The van der Waals surface area contributed by atoms with E-state index in [1.165, 1.54) is 0 Å². The molecule has 0 spiro atoms. The van der Waals surface area contributed by atoms with Gasteiger partial charge in [-0.15, -0.1) is 0 Å². The Morgan fingerprint density at radius 1 is 0.404 bits per heavy atom. The zero-order chi connectivity index (χ0) is 74.1. The summed E-state index contributed by atoms with van der Waals surface area (Å²) in [6, 6.07) is -2.99. The fourth-order valence-corrected chi connectivity index (χ4v) is 7.69. The van der Waals surface area contributed by atoms with E-state index in [1.807, 2.05) is 0 Å². The van der Waals surface area contributed by atoms with Gasteiger partial charge in [-0.25, -0.2) is 0 Å². The summed E-state index contributed by atoms with van der Waals surface area (Å²) < 4.78 is 48.7. The average Bonchev–Trinajstić information content (AvgIpc) is 1.84. The summed E-state index contributed by atoms with van der Waals surface area (Å²) in [4.78, 5) is 149. The molecule has 0 unspecified atom stereocenters. The fraction of sp³-hybridized carbons (Fsp3) is 0.759. The van der Waals surface area contributed by atoms with Crippen LogP contribution in [-0.2, 0) is 100 Å². The van der Waals surface area contributed by atoms with Crippen LogP contribution in [0.15, 0.2) is 12.2 Å². The molecule has 10 atom stereocenters. The third-order valence-corrected chi connectivity index (χ3v) is 13.0. The Kier molecular flexibility index (Phi) is 47.9. The van der Waals surface area contributed by atoms with Crippen LogP contribution in [0.1, 0.15) is 46.5 Å². The summed E-state index contributed by atoms with van der Waals surface area (Å²) in [7, 11) is 0. The number of carbonyl (C=O) groups excluding carboxylic acids is 12. The first-order chi connectivity index (χ1) is 47.0. The normalized spacial score (nSPS) is 15.2. The van der Waals surface area contributed by atoms with Crippen molar-refractivity contribution in [2.24, 2.45) is 0 Å². The molecule has 41 nitrogen and oxygen atoms in total. The summed E-state index contributed by atoms with van der Waals surface area (Å²) in [6.07, 6.45) is -14.9. The van der Waals surface area contributed by atoms with Crippen molar-refractivity contribution in [1.29, 1.82) is 0 Å². The molecule has 99 heavy (non-hydrogen) atoms. The molecule has 1 rings (SSSR count). The second-order valence-corrected chi connectivity index (χ2v) is 22.4. The predicted molar refractivity (Wildman–Crippen MR) is 334 cm³/mol. The highest BCUT2D eigenvalue weighted by Crippen LogP contribution is 2.11. The molecule has 11 amide bonds. The van der Waals surface area contributed by atoms with Gasteiger partial charge in [0, 0.05) is 44.6 Å². The Morgan fingerprint density at radius 3 is 1.17 bits per heavy atom. The minimum Gasteiger partial charge on any atom is -0.460 e. The number of aliphatic hydroxyl groups excluding tert-OH is 10. The maximum atomic E-state index is 13.0. The van der Waals surface area contributed by atoms with Gasteiger partial charge >= 0.3 is 5.97 Å². The number of hydrogen-bond donors (Lipinski definition) is 19. The van der Waals surface area contributed by atoms with E-state index in [2.05, 4.69) is 47.9 Å². The van der Waals surface area contributed by atoms with Crippen molar-refractivity contribution in [3.63, 3.8) is 0 Å². The molecule has 568 valence electrons. The molecule has 41 heteroatoms. The number of nitrogens with one attached hydrogen (secondary N) is 9. The molecule has 0 aromatic rings. The van der Waals surface area contributed by atoms with Crippen LogP contribution in [-0.4, -0.2) is 365 Å². The topological polar surface area (TPSA) is 602 Å². The summed E-state index contributed by atoms with van der Waals surface area (Å²) in [5, 5.41) is 118. The van der Waals surface area contributed by atoms with Crippen LogP contribution in [0.5, 0.6) is 0 Å². The van der Waals surface area contributed by atoms with Crippen molar-refractivity contribution >= 4 is 70.9 Å². The number of carbonyl (C=O) groups is 12. The van der Waals surface area contributed by atoms with Gasteiger partial charge in [0.15, 0.2) is 0 Å². The van der Waals surface area contributed by atoms with Gasteiger partial charge in [-0.3, -0.25) is 62.4 Å². The molecule has 0 bridgehead atoms. The van der Waals surface area contributed by atoms with Crippen LogP contribution in [0.3, 0.4) is 0 Å². The summed E-state index contributed by atoms with van der Waals surface area (Å²) in [6.45, 7) is 2.36. The highest BCUT2D eigenvalue weighted by molar-refractivity contribution is 6.14. The number of hydrogen-bond acceptors (Lipinski definition) is 31. The number of amides is 11. The molecule has 1 aliphatic rings. The molecule has 0 radical (unpaired) electrons. The standard InChI is InChI=1S/C58H100N10O31/c1-58(2,3)99-51(84)26-37(67-48(81)33-68-49(82)6-7-50(68)83)57(90)65-32-47(80)63-31-46(79)62-30-45(78)61-29-44(77)59-9-11-92-13-15-94-17-19-96-21-23-98-25-24-97-22-20-95-18-16-93-14-12-91-10-8-43(76)66-36(56(89)64-28-39(72)53(86)55(88)41(74)35-70)4-5-42(75)60-27-38(71)52(85)54(87)40(73)34-69/h6-7,36-41,52-55,69-74,85-88H,4-5,8-35H2,1-3H3,(H,59,77)(H,60,75)(H,61,78)(H,62,79)(H,63,80)(H,64,89)(H,65,90)(H,66,76)(H,67,81)/t36-,37-,38-,39-,40+,41+,52+,53+,54+,55+/m0/s1. The number of esters is 1. The lowest BCUT2D eigenvalue weighted by molar-refractivity contribution is -0.157. The average molecular weight is 1430 g/mol. The van der Waals surface area contributed by atoms with Gasteiger partial charge in [-0.1, -0.05) is 0 Å². The first kappa shape index (κ1) is 89.9. The highest BCUT2D eigenvalue weighted by Gasteiger charge is 2.34. The first-order valence-corrected chi connectivity index (χ1v) is 31.5. The predicted octanol–water partition coefficient (Wildman–Crippen LogP) is -12.4. The minimum atomic E-state index is -2.00. The van der Waals surface area contributed by atoms with Gasteiger partial charge in [0.05, 0.1) is 164 Å². The fourth-order valence-electron chi connectivity index (χ4n) is 7.69. The van der Waals surface area contributed by atoms with Crippen LogP contribution >= 0.6 is 0 Å². The monoisotopic (exact) mass is 1430 g/mol. The Bertz CT molecular complexity index is 2460. The van der Waals surface area contributed by atoms with Crippen molar-refractivity contribution < 1.29 is 151 Å². The molecular formula is C58H100N10O31. The van der Waals surface area contributed by atoms with Gasteiger partial charge in [-0.05, 0) is 27.2 Å². The minimum absolute atomic E-state index is 0.0902. The number of imide groups is 1. The third-order valence-electron chi connectivity index (χ3n) is 13.0. The quantitative estimate of drug-likeness (QED) is 0.0153. The van der Waals surface area contributed by atoms with E-state index in [1.54, 1.807) is 20.8 Å². The number of aliphatic hydroxyl groups is 10.